The van der Waals surface area contributed by atoms with Gasteiger partial charge in [-0.05, 0) is 39.3 Å². The largest absolute Gasteiger partial charge is 0.336 e. The molecule has 4 nitrogen and oxygen atoms in total. The fourth-order valence-corrected chi connectivity index (χ4v) is 2.32. The molecule has 1 atom stereocenters. The Morgan fingerprint density at radius 1 is 1.38 bits per heavy atom. The number of carbonyl (C=O) groups excluding carboxylic acids is 1. The molecule has 1 N–H and O–H groups in total. The highest BCUT2D eigenvalue weighted by Gasteiger charge is 2.26. The van der Waals surface area contributed by atoms with E-state index in [1.807, 2.05) is 4.90 Å². The molecule has 2 aliphatic rings. The van der Waals surface area contributed by atoms with E-state index in [2.05, 4.69) is 24.2 Å². The maximum absolute atomic E-state index is 12.0. The van der Waals surface area contributed by atoms with E-state index in [0.29, 0.717) is 12.6 Å². The van der Waals surface area contributed by atoms with Crippen molar-refractivity contribution in [3.8, 4) is 0 Å². The zero-order valence-electron chi connectivity index (χ0n) is 10.4. The summed E-state index contributed by atoms with van der Waals surface area (Å²) in [6, 6.07) is 0.356. The SMILES string of the molecule is CC1CN(C)CCN1C(=O)CNCC1CC1. The summed E-state index contributed by atoms with van der Waals surface area (Å²) in [4.78, 5) is 16.3. The van der Waals surface area contributed by atoms with Crippen molar-refractivity contribution in [2.75, 3.05) is 39.8 Å². The van der Waals surface area contributed by atoms with Gasteiger partial charge < -0.3 is 15.1 Å². The zero-order valence-corrected chi connectivity index (χ0v) is 10.4. The first-order valence-electron chi connectivity index (χ1n) is 6.35. The minimum atomic E-state index is 0.265. The Morgan fingerprint density at radius 3 is 2.75 bits per heavy atom. The summed E-state index contributed by atoms with van der Waals surface area (Å²) in [6.45, 7) is 6.54. The summed E-state index contributed by atoms with van der Waals surface area (Å²) in [6.07, 6.45) is 2.68. The fraction of sp³-hybridized carbons (Fsp3) is 0.917. The number of likely N-dealkylation sites (N-methyl/N-ethyl adjacent to an activating group) is 1. The average molecular weight is 225 g/mol. The van der Waals surface area contributed by atoms with Gasteiger partial charge in [0.1, 0.15) is 0 Å². The number of carbonyl (C=O) groups is 1. The molecule has 0 radical (unpaired) electrons. The highest BCUT2D eigenvalue weighted by atomic mass is 16.2. The summed E-state index contributed by atoms with van der Waals surface area (Å²) < 4.78 is 0. The quantitative estimate of drug-likeness (QED) is 0.740. The summed E-state index contributed by atoms with van der Waals surface area (Å²) in [7, 11) is 2.11. The molecule has 1 amide bonds. The average Bonchev–Trinajstić information content (AvgIpc) is 3.01. The van der Waals surface area contributed by atoms with Crippen molar-refractivity contribution in [1.29, 1.82) is 0 Å². The van der Waals surface area contributed by atoms with Gasteiger partial charge in [-0.2, -0.15) is 0 Å². The Morgan fingerprint density at radius 2 is 2.12 bits per heavy atom. The molecule has 0 bridgehead atoms. The van der Waals surface area contributed by atoms with Crippen molar-refractivity contribution in [1.82, 2.24) is 15.1 Å². The normalized spacial score (nSPS) is 27.1. The van der Waals surface area contributed by atoms with Crippen LogP contribution in [0.4, 0.5) is 0 Å². The number of rotatable bonds is 4. The maximum Gasteiger partial charge on any atom is 0.236 e. The Hall–Kier alpha value is -0.610. The van der Waals surface area contributed by atoms with Crippen molar-refractivity contribution < 1.29 is 4.79 Å². The number of hydrogen-bond donors (Lipinski definition) is 1. The highest BCUT2D eigenvalue weighted by Crippen LogP contribution is 2.27. The third-order valence-electron chi connectivity index (χ3n) is 3.56. The standard InChI is InChI=1S/C12H23N3O/c1-10-9-14(2)5-6-15(10)12(16)8-13-7-11-3-4-11/h10-11,13H,3-9H2,1-2H3. The van der Waals surface area contributed by atoms with Gasteiger partial charge in [0.25, 0.3) is 0 Å². The van der Waals surface area contributed by atoms with E-state index in [1.165, 1.54) is 12.8 Å². The number of nitrogens with one attached hydrogen (secondary N) is 1. The van der Waals surface area contributed by atoms with Gasteiger partial charge in [-0.1, -0.05) is 0 Å². The summed E-state index contributed by atoms with van der Waals surface area (Å²) in [5.41, 5.74) is 0. The monoisotopic (exact) mass is 225 g/mol. The van der Waals surface area contributed by atoms with Crippen LogP contribution in [0.5, 0.6) is 0 Å². The highest BCUT2D eigenvalue weighted by molar-refractivity contribution is 5.78. The van der Waals surface area contributed by atoms with Crippen molar-refractivity contribution in [2.24, 2.45) is 5.92 Å². The lowest BCUT2D eigenvalue weighted by Crippen LogP contribution is -2.54. The molecule has 1 unspecified atom stereocenters. The van der Waals surface area contributed by atoms with Crippen LogP contribution in [-0.2, 0) is 4.79 Å². The molecule has 92 valence electrons. The topological polar surface area (TPSA) is 35.6 Å². The third-order valence-corrected chi connectivity index (χ3v) is 3.56. The van der Waals surface area contributed by atoms with Gasteiger partial charge in [0.2, 0.25) is 5.91 Å². The van der Waals surface area contributed by atoms with Crippen LogP contribution < -0.4 is 5.32 Å². The second-order valence-electron chi connectivity index (χ2n) is 5.27. The molecule has 16 heavy (non-hydrogen) atoms. The Labute approximate surface area is 98.0 Å². The molecular weight excluding hydrogens is 202 g/mol. The molecule has 0 spiro atoms. The third kappa shape index (κ3) is 3.19. The van der Waals surface area contributed by atoms with Crippen LogP contribution in [0.15, 0.2) is 0 Å². The Bertz CT molecular complexity index is 253. The molecule has 1 saturated carbocycles. The number of hydrogen-bond acceptors (Lipinski definition) is 3. The maximum atomic E-state index is 12.0. The molecule has 2 fully saturated rings. The minimum absolute atomic E-state index is 0.265. The Balaban J connectivity index is 1.70. The van der Waals surface area contributed by atoms with Gasteiger partial charge in [0.05, 0.1) is 6.54 Å². The smallest absolute Gasteiger partial charge is 0.236 e. The van der Waals surface area contributed by atoms with Crippen molar-refractivity contribution >= 4 is 5.91 Å². The van der Waals surface area contributed by atoms with E-state index >= 15 is 0 Å². The molecule has 1 aliphatic heterocycles. The van der Waals surface area contributed by atoms with E-state index < -0.39 is 0 Å². The first kappa shape index (κ1) is 11.9. The molecule has 0 aromatic carbocycles. The van der Waals surface area contributed by atoms with Crippen molar-refractivity contribution in [3.63, 3.8) is 0 Å². The number of amides is 1. The molecule has 0 aromatic heterocycles. The summed E-state index contributed by atoms with van der Waals surface area (Å²) in [5.74, 6) is 1.11. The van der Waals surface area contributed by atoms with Crippen LogP contribution in [0.3, 0.4) is 0 Å². The van der Waals surface area contributed by atoms with Crippen LogP contribution in [0, 0.1) is 5.92 Å². The zero-order chi connectivity index (χ0) is 11.5. The molecule has 1 heterocycles. The van der Waals surface area contributed by atoms with Crippen LogP contribution in [0.2, 0.25) is 0 Å². The lowest BCUT2D eigenvalue weighted by Gasteiger charge is -2.38. The second kappa shape index (κ2) is 5.15. The van der Waals surface area contributed by atoms with Crippen LogP contribution in [0.25, 0.3) is 0 Å². The summed E-state index contributed by atoms with van der Waals surface area (Å²) >= 11 is 0. The molecular formula is C12H23N3O. The van der Waals surface area contributed by atoms with Crippen molar-refractivity contribution in [3.05, 3.63) is 0 Å². The van der Waals surface area contributed by atoms with Gasteiger partial charge in [0, 0.05) is 25.7 Å². The van der Waals surface area contributed by atoms with Crippen LogP contribution >= 0.6 is 0 Å². The molecule has 4 heteroatoms. The van der Waals surface area contributed by atoms with E-state index in [0.717, 1.165) is 32.1 Å². The lowest BCUT2D eigenvalue weighted by molar-refractivity contribution is -0.134. The van der Waals surface area contributed by atoms with Crippen molar-refractivity contribution in [2.45, 2.75) is 25.8 Å². The second-order valence-corrected chi connectivity index (χ2v) is 5.27. The predicted molar refractivity (Wildman–Crippen MR) is 64.3 cm³/mol. The first-order valence-corrected chi connectivity index (χ1v) is 6.35. The number of piperazine rings is 1. The predicted octanol–water partition coefficient (Wildman–Crippen LogP) is 0.149. The van der Waals surface area contributed by atoms with Gasteiger partial charge >= 0.3 is 0 Å². The number of nitrogens with zero attached hydrogens (tertiary/aromatic N) is 2. The van der Waals surface area contributed by atoms with Gasteiger partial charge in [-0.3, -0.25) is 4.79 Å². The van der Waals surface area contributed by atoms with Crippen LogP contribution in [0.1, 0.15) is 19.8 Å². The van der Waals surface area contributed by atoms with Gasteiger partial charge in [-0.25, -0.2) is 0 Å². The molecule has 2 rings (SSSR count). The lowest BCUT2D eigenvalue weighted by atomic mass is 10.2. The van der Waals surface area contributed by atoms with Gasteiger partial charge in [0.15, 0.2) is 0 Å². The molecule has 1 saturated heterocycles. The molecule has 1 aliphatic carbocycles. The van der Waals surface area contributed by atoms with E-state index in [9.17, 15) is 4.79 Å². The summed E-state index contributed by atoms with van der Waals surface area (Å²) in [5, 5.41) is 3.27. The minimum Gasteiger partial charge on any atom is -0.336 e. The Kier molecular flexibility index (Phi) is 3.82. The van der Waals surface area contributed by atoms with E-state index in [4.69, 9.17) is 0 Å². The fourth-order valence-electron chi connectivity index (χ4n) is 2.32. The van der Waals surface area contributed by atoms with Gasteiger partial charge in [-0.15, -0.1) is 0 Å². The van der Waals surface area contributed by atoms with Crippen LogP contribution in [-0.4, -0.2) is 61.5 Å². The van der Waals surface area contributed by atoms with E-state index in [-0.39, 0.29) is 5.91 Å². The molecule has 0 aromatic rings. The first-order chi connectivity index (χ1) is 7.66. The van der Waals surface area contributed by atoms with E-state index in [1.54, 1.807) is 0 Å².